The summed E-state index contributed by atoms with van der Waals surface area (Å²) in [6.45, 7) is 3.68. The van der Waals surface area contributed by atoms with Crippen LogP contribution in [-0.4, -0.2) is 27.6 Å². The van der Waals surface area contributed by atoms with Gasteiger partial charge < -0.3 is 15.6 Å². The first kappa shape index (κ1) is 16.9. The van der Waals surface area contributed by atoms with Gasteiger partial charge in [-0.2, -0.15) is 9.97 Å². The van der Waals surface area contributed by atoms with Crippen LogP contribution in [0, 0.1) is 5.82 Å². The molecule has 3 rings (SSSR count). The molecule has 1 aliphatic carbocycles. The summed E-state index contributed by atoms with van der Waals surface area (Å²) in [5.74, 6) is 0.130. The van der Waals surface area contributed by atoms with Crippen molar-refractivity contribution in [2.24, 2.45) is 5.73 Å². The minimum Gasteiger partial charge on any atom is -0.366 e. The van der Waals surface area contributed by atoms with E-state index in [9.17, 15) is 0 Å². The molecule has 0 saturated heterocycles. The van der Waals surface area contributed by atoms with E-state index < -0.39 is 0 Å². The third kappa shape index (κ3) is 3.16. The van der Waals surface area contributed by atoms with Crippen LogP contribution < -0.4 is 11.1 Å². The van der Waals surface area contributed by atoms with Crippen LogP contribution in [0.5, 0.6) is 0 Å². The molecular weight excluding hydrogens is 329 g/mol. The van der Waals surface area contributed by atoms with Crippen molar-refractivity contribution in [2.75, 3.05) is 18.4 Å². The molecule has 0 aliphatic heterocycles. The van der Waals surface area contributed by atoms with E-state index in [1.54, 1.807) is 0 Å². The molecule has 0 spiro atoms. The van der Waals surface area contributed by atoms with E-state index in [4.69, 9.17) is 17.3 Å². The first-order valence-corrected chi connectivity index (χ1v) is 8.56. The molecule has 7 heteroatoms. The monoisotopic (exact) mass is 349 g/mol. The third-order valence-electron chi connectivity index (χ3n) is 4.08. The van der Waals surface area contributed by atoms with Gasteiger partial charge in [0.1, 0.15) is 11.5 Å². The number of hydrogen-bond donors (Lipinski definition) is 2. The predicted octanol–water partition coefficient (Wildman–Crippen LogP) is 3.43. The molecule has 0 saturated carbocycles. The molecule has 128 valence electrons. The molecule has 0 radical (unpaired) electrons. The summed E-state index contributed by atoms with van der Waals surface area (Å²) in [6.07, 6.45) is 8.35. The highest BCUT2D eigenvalue weighted by atomic mass is 35.5. The number of rotatable bonds is 7. The van der Waals surface area contributed by atoms with Gasteiger partial charge in [0.15, 0.2) is 5.82 Å². The minimum atomic E-state index is -0.304. The van der Waals surface area contributed by atoms with Gasteiger partial charge in [-0.1, -0.05) is 25.2 Å². The Morgan fingerprint density at radius 1 is 1.42 bits per heavy atom. The second kappa shape index (κ2) is 7.32. The second-order valence-electron chi connectivity index (χ2n) is 5.80. The van der Waals surface area contributed by atoms with Crippen molar-refractivity contribution >= 4 is 28.5 Å². The lowest BCUT2D eigenvalue weighted by molar-refractivity contribution is 0.582. The van der Waals surface area contributed by atoms with E-state index in [1.165, 1.54) is 5.57 Å². The molecule has 3 N–H and O–H groups in total. The summed E-state index contributed by atoms with van der Waals surface area (Å²) in [5.41, 5.74) is 7.96. The Kier molecular flexibility index (Phi) is 5.16. The summed E-state index contributed by atoms with van der Waals surface area (Å²) in [7, 11) is 0. The summed E-state index contributed by atoms with van der Waals surface area (Å²) in [4.78, 5) is 8.48. The summed E-state index contributed by atoms with van der Waals surface area (Å²) >= 11 is 6.08. The van der Waals surface area contributed by atoms with E-state index in [1.807, 2.05) is 23.6 Å². The van der Waals surface area contributed by atoms with Crippen LogP contribution in [-0.2, 0) is 13.0 Å². The van der Waals surface area contributed by atoms with Gasteiger partial charge in [0.05, 0.1) is 11.1 Å². The standard InChI is InChI=1S/C17H21ClFN5/c1-2-9-24-12(7-8-20)14(19)13-15(22-17(18)23-16(13)24)21-10-11-5-3-4-6-11/h3-5H,2,6-10,20H2,1H3,(H,21,22,23). The fourth-order valence-corrected chi connectivity index (χ4v) is 3.17. The Morgan fingerprint density at radius 3 is 2.92 bits per heavy atom. The van der Waals surface area contributed by atoms with Gasteiger partial charge in [0, 0.05) is 19.5 Å². The molecule has 1 aliphatic rings. The summed E-state index contributed by atoms with van der Waals surface area (Å²) < 4.78 is 16.9. The number of nitrogens with one attached hydrogen (secondary N) is 1. The largest absolute Gasteiger partial charge is 0.366 e. The maximum absolute atomic E-state index is 15.0. The SMILES string of the molecule is CCCn1c(CCN)c(F)c2c(NCC3=CC=CC3)nc(Cl)nc21. The molecule has 0 unspecified atom stereocenters. The number of nitrogens with two attached hydrogens (primary N) is 1. The van der Waals surface area contributed by atoms with Crippen molar-refractivity contribution in [1.82, 2.24) is 14.5 Å². The normalized spacial score (nSPS) is 13.8. The smallest absolute Gasteiger partial charge is 0.226 e. The van der Waals surface area contributed by atoms with Crippen LogP contribution >= 0.6 is 11.6 Å². The number of fused-ring (bicyclic) bond motifs is 1. The van der Waals surface area contributed by atoms with Gasteiger partial charge in [-0.25, -0.2) is 4.39 Å². The molecule has 0 bridgehead atoms. The number of allylic oxidation sites excluding steroid dienone is 3. The average molecular weight is 350 g/mol. The molecule has 24 heavy (non-hydrogen) atoms. The van der Waals surface area contributed by atoms with Gasteiger partial charge in [0.25, 0.3) is 0 Å². The highest BCUT2D eigenvalue weighted by molar-refractivity contribution is 6.28. The highest BCUT2D eigenvalue weighted by Gasteiger charge is 2.22. The highest BCUT2D eigenvalue weighted by Crippen LogP contribution is 2.31. The summed E-state index contributed by atoms with van der Waals surface area (Å²) in [5, 5.41) is 3.71. The number of aromatic nitrogens is 3. The number of hydrogen-bond acceptors (Lipinski definition) is 4. The Balaban J connectivity index is 2.06. The van der Waals surface area contributed by atoms with E-state index in [0.717, 1.165) is 12.8 Å². The molecule has 0 fully saturated rings. The van der Waals surface area contributed by atoms with Crippen LogP contribution in [0.25, 0.3) is 11.0 Å². The molecule has 2 heterocycles. The first-order valence-electron chi connectivity index (χ1n) is 8.18. The Bertz CT molecular complexity index is 809. The van der Waals surface area contributed by atoms with Crippen LogP contribution in [0.15, 0.2) is 23.8 Å². The number of aryl methyl sites for hydroxylation is 1. The van der Waals surface area contributed by atoms with Gasteiger partial charge in [0.2, 0.25) is 5.28 Å². The number of anilines is 1. The first-order chi connectivity index (χ1) is 11.7. The molecule has 0 amide bonds. The lowest BCUT2D eigenvalue weighted by Crippen LogP contribution is -2.10. The van der Waals surface area contributed by atoms with Gasteiger partial charge >= 0.3 is 0 Å². The fourth-order valence-electron chi connectivity index (χ4n) is 3.00. The second-order valence-corrected chi connectivity index (χ2v) is 6.14. The average Bonchev–Trinajstić information content (AvgIpc) is 3.16. The van der Waals surface area contributed by atoms with Crippen LogP contribution in [0.3, 0.4) is 0 Å². The molecule has 5 nitrogen and oxygen atoms in total. The topological polar surface area (TPSA) is 68.8 Å². The van der Waals surface area contributed by atoms with Crippen LogP contribution in [0.1, 0.15) is 25.5 Å². The van der Waals surface area contributed by atoms with Crippen molar-refractivity contribution in [3.05, 3.63) is 40.6 Å². The van der Waals surface area contributed by atoms with Gasteiger partial charge in [-0.3, -0.25) is 0 Å². The third-order valence-corrected chi connectivity index (χ3v) is 4.25. The van der Waals surface area contributed by atoms with Crippen molar-refractivity contribution in [3.63, 3.8) is 0 Å². The Labute approximate surface area is 145 Å². The lowest BCUT2D eigenvalue weighted by Gasteiger charge is -2.09. The van der Waals surface area contributed by atoms with Crippen LogP contribution in [0.4, 0.5) is 10.2 Å². The van der Waals surface area contributed by atoms with Crippen LogP contribution in [0.2, 0.25) is 5.28 Å². The van der Waals surface area contributed by atoms with E-state index in [2.05, 4.69) is 21.4 Å². The molecular formula is C17H21ClFN5. The molecule has 0 atom stereocenters. The zero-order valence-corrected chi connectivity index (χ0v) is 14.4. The Morgan fingerprint density at radius 2 is 2.25 bits per heavy atom. The van der Waals surface area contributed by atoms with E-state index in [0.29, 0.717) is 48.6 Å². The minimum absolute atomic E-state index is 0.109. The quantitative estimate of drug-likeness (QED) is 0.751. The molecule has 0 aromatic carbocycles. The van der Waals surface area contributed by atoms with Crippen molar-refractivity contribution < 1.29 is 4.39 Å². The predicted molar refractivity (Wildman–Crippen MR) is 95.9 cm³/mol. The van der Waals surface area contributed by atoms with Crippen molar-refractivity contribution in [2.45, 2.75) is 32.7 Å². The Hall–Kier alpha value is -1.92. The maximum atomic E-state index is 15.0. The van der Waals surface area contributed by atoms with E-state index in [-0.39, 0.29) is 11.1 Å². The van der Waals surface area contributed by atoms with Gasteiger partial charge in [-0.05, 0) is 36.6 Å². The number of halogens is 2. The molecule has 2 aromatic heterocycles. The summed E-state index contributed by atoms with van der Waals surface area (Å²) in [6, 6.07) is 0. The zero-order valence-electron chi connectivity index (χ0n) is 13.6. The molecule has 2 aromatic rings. The van der Waals surface area contributed by atoms with Crippen molar-refractivity contribution in [3.8, 4) is 0 Å². The van der Waals surface area contributed by atoms with E-state index >= 15 is 4.39 Å². The maximum Gasteiger partial charge on any atom is 0.226 e. The van der Waals surface area contributed by atoms with Gasteiger partial charge in [-0.15, -0.1) is 0 Å². The zero-order chi connectivity index (χ0) is 17.1. The number of nitrogens with zero attached hydrogens (tertiary/aromatic N) is 3. The van der Waals surface area contributed by atoms with Crippen molar-refractivity contribution in [1.29, 1.82) is 0 Å². The lowest BCUT2D eigenvalue weighted by atomic mass is 10.2. The fraction of sp³-hybridized carbons (Fsp3) is 0.412.